The molecule has 0 aromatic heterocycles. The van der Waals surface area contributed by atoms with Crippen molar-refractivity contribution in [1.82, 2.24) is 0 Å². The first-order valence-corrected chi connectivity index (χ1v) is 6.07. The Morgan fingerprint density at radius 3 is 2.56 bits per heavy atom. The third-order valence-corrected chi connectivity index (χ3v) is 3.25. The van der Waals surface area contributed by atoms with Gasteiger partial charge in [-0.3, -0.25) is 10.1 Å². The molecule has 0 saturated heterocycles. The van der Waals surface area contributed by atoms with E-state index in [0.29, 0.717) is 12.0 Å². The summed E-state index contributed by atoms with van der Waals surface area (Å²) in [5.74, 6) is 5.39. The molecule has 1 aromatic rings. The van der Waals surface area contributed by atoms with E-state index in [-0.39, 0.29) is 16.7 Å². The number of benzene rings is 1. The topological polar surface area (TPSA) is 43.1 Å². The van der Waals surface area contributed by atoms with Crippen molar-refractivity contribution in [3.63, 3.8) is 0 Å². The Bertz CT molecular complexity index is 487. The highest BCUT2D eigenvalue weighted by molar-refractivity contribution is 5.34. The zero-order valence-corrected chi connectivity index (χ0v) is 9.93. The number of hydrogen-bond acceptors (Lipinski definition) is 2. The molecule has 94 valence electrons. The third-order valence-electron chi connectivity index (χ3n) is 3.25. The van der Waals surface area contributed by atoms with Crippen LogP contribution in [0.3, 0.4) is 0 Å². The van der Waals surface area contributed by atoms with E-state index in [1.54, 1.807) is 12.1 Å². The van der Waals surface area contributed by atoms with Crippen molar-refractivity contribution in [2.24, 2.45) is 5.92 Å². The minimum absolute atomic E-state index is 0.182. The summed E-state index contributed by atoms with van der Waals surface area (Å²) in [7, 11) is 0. The van der Waals surface area contributed by atoms with E-state index in [0.717, 1.165) is 19.3 Å². The Hall–Kier alpha value is -1.89. The van der Waals surface area contributed by atoms with Crippen molar-refractivity contribution >= 4 is 0 Å². The van der Waals surface area contributed by atoms with Crippen LogP contribution < -0.4 is 0 Å². The summed E-state index contributed by atoms with van der Waals surface area (Å²) in [5, 5.41) is 10.9. The highest BCUT2D eigenvalue weighted by Gasteiger charge is 2.32. The first-order chi connectivity index (χ1) is 8.66. The van der Waals surface area contributed by atoms with Gasteiger partial charge in [0.25, 0.3) is 0 Å². The number of halogens is 1. The van der Waals surface area contributed by atoms with E-state index >= 15 is 0 Å². The fourth-order valence-electron chi connectivity index (χ4n) is 2.24. The SMILES string of the molecule is O=[N+]([O-])C1CCCC[C@@H]1C#Cc1ccc(F)cc1. The average Bonchev–Trinajstić information content (AvgIpc) is 2.38. The van der Waals surface area contributed by atoms with Crippen LogP contribution in [0.15, 0.2) is 24.3 Å². The van der Waals surface area contributed by atoms with E-state index in [4.69, 9.17) is 0 Å². The molecule has 1 fully saturated rings. The number of rotatable bonds is 1. The Balaban J connectivity index is 2.12. The molecule has 1 unspecified atom stereocenters. The van der Waals surface area contributed by atoms with Gasteiger partial charge in [-0.1, -0.05) is 18.3 Å². The monoisotopic (exact) mass is 247 g/mol. The molecular formula is C14H14FNO2. The summed E-state index contributed by atoms with van der Waals surface area (Å²) in [5.41, 5.74) is 0.698. The van der Waals surface area contributed by atoms with Gasteiger partial charge in [0.15, 0.2) is 0 Å². The molecule has 1 aliphatic rings. The Morgan fingerprint density at radius 2 is 1.89 bits per heavy atom. The van der Waals surface area contributed by atoms with Crippen LogP contribution in [-0.4, -0.2) is 11.0 Å². The fourth-order valence-corrected chi connectivity index (χ4v) is 2.24. The van der Waals surface area contributed by atoms with E-state index < -0.39 is 6.04 Å². The summed E-state index contributed by atoms with van der Waals surface area (Å²) >= 11 is 0. The van der Waals surface area contributed by atoms with E-state index in [9.17, 15) is 14.5 Å². The first-order valence-electron chi connectivity index (χ1n) is 6.07. The minimum atomic E-state index is -0.549. The summed E-state index contributed by atoms with van der Waals surface area (Å²) in [4.78, 5) is 10.7. The summed E-state index contributed by atoms with van der Waals surface area (Å²) in [6.07, 6.45) is 3.28. The van der Waals surface area contributed by atoms with Crippen LogP contribution in [0.25, 0.3) is 0 Å². The minimum Gasteiger partial charge on any atom is -0.264 e. The van der Waals surface area contributed by atoms with Gasteiger partial charge in [0.2, 0.25) is 6.04 Å². The molecule has 3 nitrogen and oxygen atoms in total. The van der Waals surface area contributed by atoms with Crippen LogP contribution in [-0.2, 0) is 0 Å². The van der Waals surface area contributed by atoms with Gasteiger partial charge in [-0.2, -0.15) is 0 Å². The molecular weight excluding hydrogens is 233 g/mol. The van der Waals surface area contributed by atoms with Gasteiger partial charge in [-0.05, 0) is 37.1 Å². The molecule has 0 bridgehead atoms. The molecule has 0 radical (unpaired) electrons. The highest BCUT2D eigenvalue weighted by Crippen LogP contribution is 2.25. The van der Waals surface area contributed by atoms with Crippen molar-refractivity contribution in [3.8, 4) is 11.8 Å². The maximum absolute atomic E-state index is 12.7. The predicted octanol–water partition coefficient (Wildman–Crippen LogP) is 3.01. The van der Waals surface area contributed by atoms with Gasteiger partial charge in [0.05, 0.1) is 5.92 Å². The standard InChI is InChI=1S/C14H14FNO2/c15-13-9-6-11(7-10-13)5-8-12-3-1-2-4-14(12)16(17)18/h6-7,9-10,12,14H,1-4H2/t12-,14?/m1/s1. The lowest BCUT2D eigenvalue weighted by Crippen LogP contribution is -2.31. The molecule has 2 rings (SSSR count). The summed E-state index contributed by atoms with van der Waals surface area (Å²) in [6, 6.07) is 5.32. The fraction of sp³-hybridized carbons (Fsp3) is 0.429. The van der Waals surface area contributed by atoms with Crippen molar-refractivity contribution in [3.05, 3.63) is 45.8 Å². The zero-order chi connectivity index (χ0) is 13.0. The maximum atomic E-state index is 12.7. The lowest BCUT2D eigenvalue weighted by molar-refractivity contribution is -0.532. The van der Waals surface area contributed by atoms with Gasteiger partial charge < -0.3 is 0 Å². The van der Waals surface area contributed by atoms with Gasteiger partial charge in [-0.25, -0.2) is 4.39 Å². The molecule has 0 aliphatic heterocycles. The molecule has 0 spiro atoms. The highest BCUT2D eigenvalue weighted by atomic mass is 19.1. The zero-order valence-electron chi connectivity index (χ0n) is 9.93. The molecule has 0 heterocycles. The van der Waals surface area contributed by atoms with Crippen LogP contribution in [0.5, 0.6) is 0 Å². The Morgan fingerprint density at radius 1 is 1.22 bits per heavy atom. The van der Waals surface area contributed by atoms with Gasteiger partial charge in [0.1, 0.15) is 5.82 Å². The molecule has 1 aromatic carbocycles. The van der Waals surface area contributed by atoms with E-state index in [1.165, 1.54) is 12.1 Å². The molecule has 2 atom stereocenters. The normalized spacial score (nSPS) is 22.9. The number of hydrogen-bond donors (Lipinski definition) is 0. The van der Waals surface area contributed by atoms with Crippen LogP contribution >= 0.6 is 0 Å². The van der Waals surface area contributed by atoms with Crippen LogP contribution in [0.2, 0.25) is 0 Å². The lowest BCUT2D eigenvalue weighted by atomic mass is 9.85. The predicted molar refractivity (Wildman–Crippen MR) is 66.0 cm³/mol. The molecule has 18 heavy (non-hydrogen) atoms. The summed E-state index contributed by atoms with van der Waals surface area (Å²) in [6.45, 7) is 0. The van der Waals surface area contributed by atoms with Gasteiger partial charge in [-0.15, -0.1) is 0 Å². The largest absolute Gasteiger partial charge is 0.264 e. The molecule has 4 heteroatoms. The maximum Gasteiger partial charge on any atom is 0.226 e. The van der Waals surface area contributed by atoms with Gasteiger partial charge >= 0.3 is 0 Å². The lowest BCUT2D eigenvalue weighted by Gasteiger charge is -2.20. The third kappa shape index (κ3) is 3.07. The quantitative estimate of drug-likeness (QED) is 0.435. The van der Waals surface area contributed by atoms with E-state index in [2.05, 4.69) is 11.8 Å². The van der Waals surface area contributed by atoms with Crippen molar-refractivity contribution in [2.75, 3.05) is 0 Å². The van der Waals surface area contributed by atoms with E-state index in [1.807, 2.05) is 0 Å². The second-order valence-corrected chi connectivity index (χ2v) is 4.52. The Kier molecular flexibility index (Phi) is 3.93. The van der Waals surface area contributed by atoms with Crippen molar-refractivity contribution in [2.45, 2.75) is 31.7 Å². The van der Waals surface area contributed by atoms with Crippen molar-refractivity contribution < 1.29 is 9.31 Å². The molecule has 1 aliphatic carbocycles. The van der Waals surface area contributed by atoms with Gasteiger partial charge in [0, 0.05) is 16.9 Å². The summed E-state index contributed by atoms with van der Waals surface area (Å²) < 4.78 is 12.7. The number of nitrogens with zero attached hydrogens (tertiary/aromatic N) is 1. The number of nitro groups is 1. The second-order valence-electron chi connectivity index (χ2n) is 4.52. The van der Waals surface area contributed by atoms with Crippen LogP contribution in [0, 0.1) is 33.7 Å². The first kappa shape index (κ1) is 12.6. The average molecular weight is 247 g/mol. The van der Waals surface area contributed by atoms with Crippen LogP contribution in [0.1, 0.15) is 31.2 Å². The van der Waals surface area contributed by atoms with Crippen molar-refractivity contribution in [1.29, 1.82) is 0 Å². The smallest absolute Gasteiger partial charge is 0.226 e. The molecule has 1 saturated carbocycles. The molecule has 0 amide bonds. The van der Waals surface area contributed by atoms with Crippen LogP contribution in [0.4, 0.5) is 4.39 Å². The molecule has 0 N–H and O–H groups in total. The Labute approximate surface area is 105 Å². The second kappa shape index (κ2) is 5.63.